The van der Waals surface area contributed by atoms with Gasteiger partial charge in [0.25, 0.3) is 0 Å². The molecule has 0 spiro atoms. The third kappa shape index (κ3) is 3.24. The van der Waals surface area contributed by atoms with Crippen molar-refractivity contribution in [2.24, 2.45) is 0 Å². The lowest BCUT2D eigenvalue weighted by Crippen LogP contribution is -2.59. The van der Waals surface area contributed by atoms with Crippen molar-refractivity contribution < 1.29 is 41.8 Å². The van der Waals surface area contributed by atoms with E-state index in [0.717, 1.165) is 18.9 Å². The van der Waals surface area contributed by atoms with Crippen molar-refractivity contribution in [3.63, 3.8) is 0 Å². The zero-order valence-corrected chi connectivity index (χ0v) is 16.5. The van der Waals surface area contributed by atoms with Gasteiger partial charge in [0.15, 0.2) is 27.2 Å². The van der Waals surface area contributed by atoms with Crippen molar-refractivity contribution in [3.8, 4) is 0 Å². The fraction of sp³-hybridized carbons (Fsp3) is 0.444. The normalized spacial score (nSPS) is 26.8. The molecule has 3 atom stereocenters. The van der Waals surface area contributed by atoms with Crippen LogP contribution >= 0.6 is 0 Å². The summed E-state index contributed by atoms with van der Waals surface area (Å²) in [6.07, 6.45) is -0.343. The van der Waals surface area contributed by atoms with Gasteiger partial charge in [0.1, 0.15) is 12.0 Å². The lowest BCUT2D eigenvalue weighted by Gasteiger charge is -2.36. The summed E-state index contributed by atoms with van der Waals surface area (Å²) in [6, 6.07) is 6.90. The number of nitrogens with zero attached hydrogens (tertiary/aromatic N) is 1. The molecule has 0 aliphatic carbocycles. The fourth-order valence-electron chi connectivity index (χ4n) is 3.37. The van der Waals surface area contributed by atoms with E-state index >= 15 is 0 Å². The van der Waals surface area contributed by atoms with Crippen LogP contribution in [0.15, 0.2) is 30.3 Å². The first-order chi connectivity index (χ1) is 13.6. The summed E-state index contributed by atoms with van der Waals surface area (Å²) in [4.78, 5) is 49.6. The van der Waals surface area contributed by atoms with Crippen LogP contribution in [0.3, 0.4) is 0 Å². The maximum absolute atomic E-state index is 12.9. The minimum Gasteiger partial charge on any atom is -0.466 e. The molecule has 29 heavy (non-hydrogen) atoms. The van der Waals surface area contributed by atoms with Gasteiger partial charge in [-0.25, -0.2) is 18.0 Å². The molecule has 1 amide bonds. The quantitative estimate of drug-likeness (QED) is 0.338. The van der Waals surface area contributed by atoms with Gasteiger partial charge in [0, 0.05) is 0 Å². The number of carbonyl (C=O) groups is 4. The number of methoxy groups -OCH3 is 1. The molecule has 2 fully saturated rings. The molecule has 2 heterocycles. The van der Waals surface area contributed by atoms with Gasteiger partial charge >= 0.3 is 17.9 Å². The third-order valence-corrected chi connectivity index (χ3v) is 7.78. The summed E-state index contributed by atoms with van der Waals surface area (Å²) >= 11 is 0. The second-order valence-corrected chi connectivity index (χ2v) is 9.24. The van der Waals surface area contributed by atoms with Crippen LogP contribution in [-0.2, 0) is 49.8 Å². The van der Waals surface area contributed by atoms with Gasteiger partial charge < -0.3 is 19.1 Å². The lowest BCUT2D eigenvalue weighted by molar-refractivity contribution is -0.168. The Hall–Kier alpha value is -2.95. The van der Waals surface area contributed by atoms with Gasteiger partial charge in [-0.05, 0) is 12.5 Å². The SMILES string of the molecule is COC(=O)COC(=O)[C@@]1(C)[C@H](C(=O)OCc2ccccc2)N2C(=O)C[C@H]2S1(=O)=O. The number of ether oxygens (including phenoxy) is 3. The molecule has 0 bridgehead atoms. The number of rotatable bonds is 6. The van der Waals surface area contributed by atoms with Crippen LogP contribution < -0.4 is 0 Å². The molecule has 11 heteroatoms. The third-order valence-electron chi connectivity index (χ3n) is 5.10. The predicted molar refractivity (Wildman–Crippen MR) is 95.6 cm³/mol. The maximum atomic E-state index is 12.9. The zero-order chi connectivity index (χ0) is 21.4. The molecule has 1 aromatic rings. The highest BCUT2D eigenvalue weighted by atomic mass is 32.2. The van der Waals surface area contributed by atoms with Crippen LogP contribution in [0.4, 0.5) is 0 Å². The maximum Gasteiger partial charge on any atom is 0.344 e. The van der Waals surface area contributed by atoms with Crippen LogP contribution in [0.2, 0.25) is 0 Å². The lowest BCUT2D eigenvalue weighted by atomic mass is 9.96. The van der Waals surface area contributed by atoms with E-state index in [-0.39, 0.29) is 13.0 Å². The van der Waals surface area contributed by atoms with Crippen LogP contribution in [-0.4, -0.2) is 67.0 Å². The van der Waals surface area contributed by atoms with Crippen molar-refractivity contribution in [2.75, 3.05) is 13.7 Å². The summed E-state index contributed by atoms with van der Waals surface area (Å²) < 4.78 is 37.8. The average molecular weight is 425 g/mol. The van der Waals surface area contributed by atoms with E-state index in [0.29, 0.717) is 5.56 Å². The van der Waals surface area contributed by atoms with E-state index in [9.17, 15) is 27.6 Å². The van der Waals surface area contributed by atoms with Crippen LogP contribution in [0.25, 0.3) is 0 Å². The van der Waals surface area contributed by atoms with E-state index in [2.05, 4.69) is 4.74 Å². The molecule has 0 unspecified atom stereocenters. The Labute approximate surface area is 166 Å². The van der Waals surface area contributed by atoms with Crippen LogP contribution in [0, 0.1) is 0 Å². The zero-order valence-electron chi connectivity index (χ0n) is 15.7. The topological polar surface area (TPSA) is 133 Å². The number of fused-ring (bicyclic) bond motifs is 1. The number of hydrogen-bond donors (Lipinski definition) is 0. The highest BCUT2D eigenvalue weighted by molar-refractivity contribution is 7.94. The predicted octanol–water partition coefficient (Wildman–Crippen LogP) is -0.440. The first kappa shape index (κ1) is 20.8. The largest absolute Gasteiger partial charge is 0.466 e. The Balaban J connectivity index is 1.88. The van der Waals surface area contributed by atoms with Gasteiger partial charge in [-0.3, -0.25) is 9.59 Å². The van der Waals surface area contributed by atoms with E-state index in [4.69, 9.17) is 9.47 Å². The monoisotopic (exact) mass is 425 g/mol. The Morgan fingerprint density at radius 1 is 1.17 bits per heavy atom. The minimum atomic E-state index is -4.31. The van der Waals surface area contributed by atoms with Crippen molar-refractivity contribution >= 4 is 33.7 Å². The smallest absolute Gasteiger partial charge is 0.344 e. The molecular weight excluding hydrogens is 406 g/mol. The number of benzene rings is 1. The fourth-order valence-corrected chi connectivity index (χ4v) is 5.65. The minimum absolute atomic E-state index is 0.170. The number of hydrogen-bond acceptors (Lipinski definition) is 9. The molecule has 0 radical (unpaired) electrons. The second-order valence-electron chi connectivity index (χ2n) is 6.76. The summed E-state index contributed by atoms with van der Waals surface area (Å²) in [5.74, 6) is -3.87. The molecule has 10 nitrogen and oxygen atoms in total. The molecule has 2 aliphatic heterocycles. The van der Waals surface area contributed by atoms with Gasteiger partial charge in [-0.1, -0.05) is 30.3 Å². The summed E-state index contributed by atoms with van der Waals surface area (Å²) in [5.41, 5.74) is 0.642. The van der Waals surface area contributed by atoms with E-state index < -0.39 is 56.4 Å². The Morgan fingerprint density at radius 2 is 1.83 bits per heavy atom. The molecule has 0 aromatic heterocycles. The number of β-lactam (4-membered cyclic amide) rings is 1. The van der Waals surface area contributed by atoms with Crippen molar-refractivity contribution in [1.82, 2.24) is 4.90 Å². The van der Waals surface area contributed by atoms with E-state index in [1.807, 2.05) is 0 Å². The Kier molecular flexibility index (Phi) is 5.35. The first-order valence-electron chi connectivity index (χ1n) is 8.63. The number of carbonyl (C=O) groups excluding carboxylic acids is 4. The summed E-state index contributed by atoms with van der Waals surface area (Å²) in [6.45, 7) is 0.00301. The first-order valence-corrected chi connectivity index (χ1v) is 10.2. The molecule has 3 rings (SSSR count). The summed E-state index contributed by atoms with van der Waals surface area (Å²) in [5, 5.41) is -1.32. The van der Waals surface area contributed by atoms with Crippen molar-refractivity contribution in [2.45, 2.75) is 36.1 Å². The van der Waals surface area contributed by atoms with Gasteiger partial charge in [-0.2, -0.15) is 0 Å². The van der Waals surface area contributed by atoms with Gasteiger partial charge in [0.05, 0.1) is 13.5 Å². The Bertz CT molecular complexity index is 959. The summed E-state index contributed by atoms with van der Waals surface area (Å²) in [7, 11) is -3.25. The average Bonchev–Trinajstić information content (AvgIpc) is 2.85. The number of sulfone groups is 1. The molecule has 156 valence electrons. The number of amides is 1. The van der Waals surface area contributed by atoms with Crippen LogP contribution in [0.5, 0.6) is 0 Å². The second kappa shape index (κ2) is 7.47. The molecule has 1 aromatic carbocycles. The highest BCUT2D eigenvalue weighted by Crippen LogP contribution is 2.47. The van der Waals surface area contributed by atoms with Crippen molar-refractivity contribution in [3.05, 3.63) is 35.9 Å². The number of esters is 3. The standard InChI is InChI=1S/C18H19NO9S/c1-18(17(23)28-10-14(21)26-2)15(19-12(20)8-13(19)29(18,24)25)16(22)27-9-11-6-4-3-5-7-11/h3-7,13,15H,8-10H2,1-2H3/t13-,15+,18-/m1/s1. The van der Waals surface area contributed by atoms with Gasteiger partial charge in [-0.15, -0.1) is 0 Å². The van der Waals surface area contributed by atoms with Gasteiger partial charge in [0.2, 0.25) is 5.91 Å². The highest BCUT2D eigenvalue weighted by Gasteiger charge is 2.74. The Morgan fingerprint density at radius 3 is 2.41 bits per heavy atom. The molecule has 2 aliphatic rings. The molecule has 2 saturated heterocycles. The molecule has 0 N–H and O–H groups in total. The van der Waals surface area contributed by atoms with E-state index in [1.165, 1.54) is 0 Å². The van der Waals surface area contributed by atoms with Crippen molar-refractivity contribution in [1.29, 1.82) is 0 Å². The van der Waals surface area contributed by atoms with Crippen LogP contribution in [0.1, 0.15) is 18.9 Å². The van der Waals surface area contributed by atoms with E-state index in [1.54, 1.807) is 30.3 Å². The molecular formula is C18H19NO9S. The molecule has 0 saturated carbocycles.